The molecule has 0 saturated carbocycles. The Labute approximate surface area is 111 Å². The number of unbranched alkanes of at least 4 members (excludes halogenated alkanes) is 1. The van der Waals surface area contributed by atoms with Crippen LogP contribution < -0.4 is 5.32 Å². The van der Waals surface area contributed by atoms with Gasteiger partial charge in [0.1, 0.15) is 0 Å². The number of rotatable bonds is 6. The smallest absolute Gasteiger partial charge is 0.0372 e. The standard InChI is InChI=1S/C16H26N2/c1-3-5-10-18(4-2)13-14-11-15-8-6-7-9-16(15)17-12-14/h6-9,14,17H,3-5,10-13H2,1-2H3. The van der Waals surface area contributed by atoms with E-state index in [4.69, 9.17) is 0 Å². The summed E-state index contributed by atoms with van der Waals surface area (Å²) in [4.78, 5) is 2.60. The molecule has 0 bridgehead atoms. The van der Waals surface area contributed by atoms with E-state index < -0.39 is 0 Å². The molecule has 0 fully saturated rings. The molecule has 1 unspecified atom stereocenters. The first kappa shape index (κ1) is 13.4. The molecule has 1 heterocycles. The minimum absolute atomic E-state index is 0.761. The maximum atomic E-state index is 3.57. The average molecular weight is 246 g/mol. The lowest BCUT2D eigenvalue weighted by Crippen LogP contribution is -2.36. The molecular formula is C16H26N2. The molecule has 1 atom stereocenters. The molecule has 2 nitrogen and oxygen atoms in total. The third-order valence-corrected chi connectivity index (χ3v) is 3.90. The molecule has 1 aromatic rings. The summed E-state index contributed by atoms with van der Waals surface area (Å²) in [6.07, 6.45) is 3.85. The Bertz CT molecular complexity index is 362. The van der Waals surface area contributed by atoms with Crippen molar-refractivity contribution in [2.24, 2.45) is 5.92 Å². The molecule has 2 rings (SSSR count). The van der Waals surface area contributed by atoms with Gasteiger partial charge >= 0.3 is 0 Å². The lowest BCUT2D eigenvalue weighted by atomic mass is 9.93. The Morgan fingerprint density at radius 3 is 2.89 bits per heavy atom. The number of nitrogens with zero attached hydrogens (tertiary/aromatic N) is 1. The SMILES string of the molecule is CCCCN(CC)CC1CNc2ccccc2C1. The number of benzene rings is 1. The van der Waals surface area contributed by atoms with Gasteiger partial charge in [-0.2, -0.15) is 0 Å². The van der Waals surface area contributed by atoms with Crippen LogP contribution in [0.3, 0.4) is 0 Å². The van der Waals surface area contributed by atoms with E-state index in [0.29, 0.717) is 0 Å². The van der Waals surface area contributed by atoms with Crippen molar-refractivity contribution in [3.05, 3.63) is 29.8 Å². The highest BCUT2D eigenvalue weighted by molar-refractivity contribution is 5.53. The summed E-state index contributed by atoms with van der Waals surface area (Å²) in [5, 5.41) is 3.57. The molecule has 1 N–H and O–H groups in total. The first-order chi connectivity index (χ1) is 8.83. The number of nitrogens with one attached hydrogen (secondary N) is 1. The molecule has 100 valence electrons. The fraction of sp³-hybridized carbons (Fsp3) is 0.625. The maximum Gasteiger partial charge on any atom is 0.0372 e. The minimum atomic E-state index is 0.761. The van der Waals surface area contributed by atoms with Crippen LogP contribution in [-0.4, -0.2) is 31.1 Å². The van der Waals surface area contributed by atoms with E-state index in [1.165, 1.54) is 50.1 Å². The fourth-order valence-corrected chi connectivity index (χ4v) is 2.76. The van der Waals surface area contributed by atoms with Crippen molar-refractivity contribution in [2.45, 2.75) is 33.1 Å². The zero-order valence-electron chi connectivity index (χ0n) is 11.8. The molecule has 0 saturated heterocycles. The van der Waals surface area contributed by atoms with E-state index >= 15 is 0 Å². The second-order valence-corrected chi connectivity index (χ2v) is 5.35. The van der Waals surface area contributed by atoms with Crippen LogP contribution in [0.15, 0.2) is 24.3 Å². The summed E-state index contributed by atoms with van der Waals surface area (Å²) in [7, 11) is 0. The van der Waals surface area contributed by atoms with Gasteiger partial charge in [0.25, 0.3) is 0 Å². The largest absolute Gasteiger partial charge is 0.384 e. The van der Waals surface area contributed by atoms with E-state index in [0.717, 1.165) is 12.5 Å². The first-order valence-corrected chi connectivity index (χ1v) is 7.37. The summed E-state index contributed by atoms with van der Waals surface area (Å²) in [6, 6.07) is 8.72. The second-order valence-electron chi connectivity index (χ2n) is 5.35. The van der Waals surface area contributed by atoms with Gasteiger partial charge in [0.2, 0.25) is 0 Å². The lowest BCUT2D eigenvalue weighted by Gasteiger charge is -2.31. The van der Waals surface area contributed by atoms with Gasteiger partial charge in [-0.3, -0.25) is 0 Å². The van der Waals surface area contributed by atoms with Crippen molar-refractivity contribution >= 4 is 5.69 Å². The highest BCUT2D eigenvalue weighted by atomic mass is 15.1. The molecule has 0 aromatic heterocycles. The van der Waals surface area contributed by atoms with Crippen LogP contribution in [0.25, 0.3) is 0 Å². The van der Waals surface area contributed by atoms with Gasteiger partial charge in [-0.15, -0.1) is 0 Å². The topological polar surface area (TPSA) is 15.3 Å². The fourth-order valence-electron chi connectivity index (χ4n) is 2.76. The molecule has 0 aliphatic carbocycles. The summed E-state index contributed by atoms with van der Waals surface area (Å²) in [5.41, 5.74) is 2.82. The Morgan fingerprint density at radius 2 is 2.11 bits per heavy atom. The minimum Gasteiger partial charge on any atom is -0.384 e. The van der Waals surface area contributed by atoms with E-state index in [2.05, 4.69) is 48.3 Å². The lowest BCUT2D eigenvalue weighted by molar-refractivity contribution is 0.239. The molecule has 18 heavy (non-hydrogen) atoms. The first-order valence-electron chi connectivity index (χ1n) is 7.37. The molecule has 1 aliphatic rings. The van der Waals surface area contributed by atoms with Gasteiger partial charge in [-0.05, 0) is 43.5 Å². The molecule has 1 aliphatic heterocycles. The van der Waals surface area contributed by atoms with Crippen molar-refractivity contribution in [3.63, 3.8) is 0 Å². The number of fused-ring (bicyclic) bond motifs is 1. The quantitative estimate of drug-likeness (QED) is 0.827. The molecule has 1 aromatic carbocycles. The van der Waals surface area contributed by atoms with Crippen molar-refractivity contribution < 1.29 is 0 Å². The Kier molecular flexibility index (Phi) is 5.06. The summed E-state index contributed by atoms with van der Waals surface area (Å²) in [5.74, 6) is 0.761. The zero-order valence-corrected chi connectivity index (χ0v) is 11.8. The van der Waals surface area contributed by atoms with Gasteiger partial charge < -0.3 is 10.2 Å². The average Bonchev–Trinajstić information content (AvgIpc) is 2.43. The van der Waals surface area contributed by atoms with Crippen molar-refractivity contribution in [1.29, 1.82) is 0 Å². The third kappa shape index (κ3) is 3.49. The van der Waals surface area contributed by atoms with Crippen LogP contribution in [0.5, 0.6) is 0 Å². The molecule has 0 radical (unpaired) electrons. The van der Waals surface area contributed by atoms with Crippen LogP contribution in [0.1, 0.15) is 32.3 Å². The number of anilines is 1. The molecular weight excluding hydrogens is 220 g/mol. The van der Waals surface area contributed by atoms with Gasteiger partial charge in [0, 0.05) is 18.8 Å². The highest BCUT2D eigenvalue weighted by Gasteiger charge is 2.19. The van der Waals surface area contributed by atoms with Gasteiger partial charge in [-0.25, -0.2) is 0 Å². The molecule has 2 heteroatoms. The summed E-state index contributed by atoms with van der Waals surface area (Å²) in [6.45, 7) is 9.34. The third-order valence-electron chi connectivity index (χ3n) is 3.90. The normalized spacial score (nSPS) is 18.5. The Balaban J connectivity index is 1.88. The number of hydrogen-bond acceptors (Lipinski definition) is 2. The second kappa shape index (κ2) is 6.79. The zero-order chi connectivity index (χ0) is 12.8. The van der Waals surface area contributed by atoms with Crippen LogP contribution in [0.4, 0.5) is 5.69 Å². The maximum absolute atomic E-state index is 3.57. The highest BCUT2D eigenvalue weighted by Crippen LogP contribution is 2.24. The predicted octanol–water partition coefficient (Wildman–Crippen LogP) is 3.39. The molecule has 0 spiro atoms. The van der Waals surface area contributed by atoms with Gasteiger partial charge in [0.15, 0.2) is 0 Å². The van der Waals surface area contributed by atoms with Crippen molar-refractivity contribution in [2.75, 3.05) is 31.5 Å². The van der Waals surface area contributed by atoms with Crippen LogP contribution >= 0.6 is 0 Å². The number of para-hydroxylation sites is 1. The number of hydrogen-bond donors (Lipinski definition) is 1. The van der Waals surface area contributed by atoms with E-state index in [1.807, 2.05) is 0 Å². The summed E-state index contributed by atoms with van der Waals surface area (Å²) < 4.78 is 0. The van der Waals surface area contributed by atoms with E-state index in [9.17, 15) is 0 Å². The van der Waals surface area contributed by atoms with Gasteiger partial charge in [-0.1, -0.05) is 38.5 Å². The Morgan fingerprint density at radius 1 is 1.28 bits per heavy atom. The van der Waals surface area contributed by atoms with Crippen molar-refractivity contribution in [3.8, 4) is 0 Å². The Hall–Kier alpha value is -1.02. The van der Waals surface area contributed by atoms with Gasteiger partial charge in [0.05, 0.1) is 0 Å². The van der Waals surface area contributed by atoms with Crippen LogP contribution in [0.2, 0.25) is 0 Å². The van der Waals surface area contributed by atoms with E-state index in [-0.39, 0.29) is 0 Å². The van der Waals surface area contributed by atoms with Crippen molar-refractivity contribution in [1.82, 2.24) is 4.90 Å². The summed E-state index contributed by atoms with van der Waals surface area (Å²) >= 11 is 0. The molecule has 0 amide bonds. The van der Waals surface area contributed by atoms with E-state index in [1.54, 1.807) is 0 Å². The monoisotopic (exact) mass is 246 g/mol. The van der Waals surface area contributed by atoms with Crippen LogP contribution in [-0.2, 0) is 6.42 Å². The predicted molar refractivity (Wildman–Crippen MR) is 79.1 cm³/mol. The van der Waals surface area contributed by atoms with Crippen LogP contribution in [0, 0.1) is 5.92 Å².